The number of nitro benzene ring substituents is 1. The molecule has 1 saturated heterocycles. The Morgan fingerprint density at radius 3 is 2.18 bits per heavy atom. The Hall–Kier alpha value is -3.88. The number of ketones is 1. The molecule has 1 fully saturated rings. The van der Waals surface area contributed by atoms with Crippen LogP contribution in [-0.2, 0) is 9.59 Å². The van der Waals surface area contributed by atoms with Crippen molar-refractivity contribution >= 4 is 52.0 Å². The zero-order valence-corrected chi connectivity index (χ0v) is 18.1. The maximum atomic E-state index is 13.1. The van der Waals surface area contributed by atoms with E-state index in [1.165, 1.54) is 60.7 Å². The van der Waals surface area contributed by atoms with E-state index >= 15 is 0 Å². The molecular weight excluding hydrogens is 471 g/mol. The number of amides is 1. The Kier molecular flexibility index (Phi) is 5.80. The van der Waals surface area contributed by atoms with Gasteiger partial charge in [0, 0.05) is 33.4 Å². The topological polar surface area (TPSA) is 121 Å². The van der Waals surface area contributed by atoms with Gasteiger partial charge in [0.25, 0.3) is 17.4 Å². The summed E-state index contributed by atoms with van der Waals surface area (Å²) in [5.41, 5.74) is 0.202. The van der Waals surface area contributed by atoms with Crippen LogP contribution < -0.4 is 4.90 Å². The fourth-order valence-corrected chi connectivity index (χ4v) is 4.20. The predicted molar refractivity (Wildman–Crippen MR) is 122 cm³/mol. The Morgan fingerprint density at radius 1 is 0.970 bits per heavy atom. The minimum absolute atomic E-state index is 0.105. The van der Waals surface area contributed by atoms with E-state index < -0.39 is 28.4 Å². The number of benzene rings is 3. The van der Waals surface area contributed by atoms with Crippen LogP contribution in [0.4, 0.5) is 11.4 Å². The molecule has 33 heavy (non-hydrogen) atoms. The zero-order valence-electron chi connectivity index (χ0n) is 16.6. The monoisotopic (exact) mass is 484 g/mol. The van der Waals surface area contributed by atoms with Crippen LogP contribution in [-0.4, -0.2) is 26.8 Å². The summed E-state index contributed by atoms with van der Waals surface area (Å²) in [7, 11) is 0. The van der Waals surface area contributed by atoms with E-state index in [-0.39, 0.29) is 38.3 Å². The number of phenolic OH excluding ortho intramolecular Hbond substituents is 1. The fourth-order valence-electron chi connectivity index (χ4n) is 3.68. The number of rotatable bonds is 4. The molecule has 4 rings (SSSR count). The maximum absolute atomic E-state index is 13.1. The third-order valence-electron chi connectivity index (χ3n) is 5.11. The molecule has 0 bridgehead atoms. The summed E-state index contributed by atoms with van der Waals surface area (Å²) in [6.07, 6.45) is 0. The van der Waals surface area contributed by atoms with Gasteiger partial charge in [0.15, 0.2) is 0 Å². The van der Waals surface area contributed by atoms with Crippen LogP contribution in [0.2, 0.25) is 10.0 Å². The lowest BCUT2D eigenvalue weighted by Crippen LogP contribution is -2.29. The standard InChI is InChI=1S/C23H14Cl2N2O6/c24-14-9-15(25)11-17(10-14)26-20(13-2-1-3-18(28)8-13)19(22(30)23(26)31)21(29)12-4-6-16(7-5-12)27(32)33/h1-11,20,28-29H/b21-19+. The van der Waals surface area contributed by atoms with E-state index in [2.05, 4.69) is 0 Å². The molecule has 1 aliphatic heterocycles. The van der Waals surface area contributed by atoms with Crippen molar-refractivity contribution in [2.75, 3.05) is 4.90 Å². The average molecular weight is 485 g/mol. The molecule has 0 spiro atoms. The van der Waals surface area contributed by atoms with Gasteiger partial charge in [0.1, 0.15) is 11.5 Å². The molecule has 2 N–H and O–H groups in total. The molecule has 8 nitrogen and oxygen atoms in total. The van der Waals surface area contributed by atoms with Crippen LogP contribution in [0, 0.1) is 10.1 Å². The van der Waals surface area contributed by atoms with Gasteiger partial charge in [-0.25, -0.2) is 0 Å². The molecule has 1 unspecified atom stereocenters. The Labute approximate surface area is 197 Å². The van der Waals surface area contributed by atoms with Gasteiger partial charge in [0.2, 0.25) is 0 Å². The lowest BCUT2D eigenvalue weighted by atomic mass is 9.95. The Bertz CT molecular complexity index is 1320. The first-order chi connectivity index (χ1) is 15.7. The lowest BCUT2D eigenvalue weighted by Gasteiger charge is -2.26. The number of aliphatic hydroxyl groups excluding tert-OH is 1. The average Bonchev–Trinajstić information content (AvgIpc) is 3.03. The quantitative estimate of drug-likeness (QED) is 0.172. The molecule has 10 heteroatoms. The molecule has 0 aromatic heterocycles. The number of anilines is 1. The fraction of sp³-hybridized carbons (Fsp3) is 0.0435. The van der Waals surface area contributed by atoms with Gasteiger partial charge in [0.05, 0.1) is 16.5 Å². The highest BCUT2D eigenvalue weighted by atomic mass is 35.5. The summed E-state index contributed by atoms with van der Waals surface area (Å²) in [6, 6.07) is 14.0. The van der Waals surface area contributed by atoms with Crippen molar-refractivity contribution in [3.8, 4) is 5.75 Å². The second kappa shape index (κ2) is 8.57. The van der Waals surface area contributed by atoms with E-state index in [0.29, 0.717) is 5.56 Å². The molecule has 1 amide bonds. The van der Waals surface area contributed by atoms with Crippen LogP contribution in [0.1, 0.15) is 17.2 Å². The molecule has 1 atom stereocenters. The predicted octanol–water partition coefficient (Wildman–Crippen LogP) is 5.23. The molecule has 3 aromatic carbocycles. The van der Waals surface area contributed by atoms with Crippen LogP contribution in [0.3, 0.4) is 0 Å². The minimum Gasteiger partial charge on any atom is -0.508 e. The van der Waals surface area contributed by atoms with Gasteiger partial charge in [-0.3, -0.25) is 24.6 Å². The SMILES string of the molecule is O=C1C(=O)N(c2cc(Cl)cc(Cl)c2)C(c2cccc(O)c2)/C1=C(\O)c1ccc([N+](=O)[O-])cc1. The summed E-state index contributed by atoms with van der Waals surface area (Å²) in [5, 5.41) is 32.4. The van der Waals surface area contributed by atoms with Gasteiger partial charge >= 0.3 is 0 Å². The third-order valence-corrected chi connectivity index (χ3v) is 5.54. The van der Waals surface area contributed by atoms with Crippen molar-refractivity contribution in [3.63, 3.8) is 0 Å². The molecule has 0 radical (unpaired) electrons. The van der Waals surface area contributed by atoms with Gasteiger partial charge in [-0.15, -0.1) is 0 Å². The number of phenols is 1. The van der Waals surface area contributed by atoms with Crippen molar-refractivity contribution in [3.05, 3.63) is 104 Å². The number of aromatic hydroxyl groups is 1. The summed E-state index contributed by atoms with van der Waals surface area (Å²) >= 11 is 12.2. The molecule has 0 aliphatic carbocycles. The molecule has 3 aromatic rings. The van der Waals surface area contributed by atoms with Crippen LogP contribution >= 0.6 is 23.2 Å². The maximum Gasteiger partial charge on any atom is 0.300 e. The van der Waals surface area contributed by atoms with Gasteiger partial charge < -0.3 is 10.2 Å². The second-order valence-corrected chi connectivity index (χ2v) is 8.07. The number of hydrogen-bond acceptors (Lipinski definition) is 6. The summed E-state index contributed by atoms with van der Waals surface area (Å²) in [6.45, 7) is 0. The first kappa shape index (κ1) is 22.3. The normalized spacial score (nSPS) is 17.4. The van der Waals surface area contributed by atoms with Crippen molar-refractivity contribution < 1.29 is 24.7 Å². The Morgan fingerprint density at radius 2 is 1.61 bits per heavy atom. The van der Waals surface area contributed by atoms with Gasteiger partial charge in [-0.2, -0.15) is 0 Å². The minimum atomic E-state index is -1.12. The summed E-state index contributed by atoms with van der Waals surface area (Å²) in [4.78, 5) is 37.6. The summed E-state index contributed by atoms with van der Waals surface area (Å²) in [5.74, 6) is -2.55. The smallest absolute Gasteiger partial charge is 0.300 e. The van der Waals surface area contributed by atoms with Crippen LogP contribution in [0.25, 0.3) is 5.76 Å². The highest BCUT2D eigenvalue weighted by Crippen LogP contribution is 2.43. The summed E-state index contributed by atoms with van der Waals surface area (Å²) < 4.78 is 0. The number of Topliss-reactive ketones (excluding diaryl/α,β-unsaturated/α-hetero) is 1. The van der Waals surface area contributed by atoms with Crippen molar-refractivity contribution in [2.24, 2.45) is 0 Å². The number of carbonyl (C=O) groups is 2. The van der Waals surface area contributed by atoms with Crippen molar-refractivity contribution in [2.45, 2.75) is 6.04 Å². The van der Waals surface area contributed by atoms with Crippen LogP contribution in [0.15, 0.2) is 72.3 Å². The number of non-ortho nitro benzene ring substituents is 1. The van der Waals surface area contributed by atoms with Crippen molar-refractivity contribution in [1.29, 1.82) is 0 Å². The molecule has 1 heterocycles. The van der Waals surface area contributed by atoms with Gasteiger partial charge in [-0.05, 0) is 48.0 Å². The van der Waals surface area contributed by atoms with E-state index in [0.717, 1.165) is 4.90 Å². The number of aliphatic hydroxyl groups is 1. The van der Waals surface area contributed by atoms with Crippen LogP contribution in [0.5, 0.6) is 5.75 Å². The van der Waals surface area contributed by atoms with Gasteiger partial charge in [-0.1, -0.05) is 35.3 Å². The highest BCUT2D eigenvalue weighted by Gasteiger charge is 2.47. The first-order valence-corrected chi connectivity index (χ1v) is 10.2. The van der Waals surface area contributed by atoms with E-state index in [1.54, 1.807) is 6.07 Å². The van der Waals surface area contributed by atoms with E-state index in [9.17, 15) is 29.9 Å². The Balaban J connectivity index is 1.95. The molecule has 166 valence electrons. The second-order valence-electron chi connectivity index (χ2n) is 7.20. The molecule has 0 saturated carbocycles. The largest absolute Gasteiger partial charge is 0.508 e. The molecule has 1 aliphatic rings. The zero-order chi connectivity index (χ0) is 23.9. The lowest BCUT2D eigenvalue weighted by molar-refractivity contribution is -0.384. The highest BCUT2D eigenvalue weighted by molar-refractivity contribution is 6.52. The number of halogens is 2. The number of nitro groups is 1. The number of hydrogen-bond donors (Lipinski definition) is 2. The first-order valence-electron chi connectivity index (χ1n) is 9.48. The third kappa shape index (κ3) is 4.13. The molecular formula is C23H14Cl2N2O6. The number of carbonyl (C=O) groups excluding carboxylic acids is 2. The van der Waals surface area contributed by atoms with E-state index in [1.807, 2.05) is 0 Å². The van der Waals surface area contributed by atoms with Crippen molar-refractivity contribution in [1.82, 2.24) is 0 Å². The number of nitrogens with zero attached hydrogens (tertiary/aromatic N) is 2. The van der Waals surface area contributed by atoms with E-state index in [4.69, 9.17) is 23.2 Å².